The van der Waals surface area contributed by atoms with Crippen molar-refractivity contribution in [1.29, 1.82) is 0 Å². The summed E-state index contributed by atoms with van der Waals surface area (Å²) in [6, 6.07) is 29.8. The third-order valence-corrected chi connectivity index (χ3v) is 6.14. The molecule has 0 saturated carbocycles. The number of allylic oxidation sites excluding steroid dienone is 1. The summed E-state index contributed by atoms with van der Waals surface area (Å²) in [5.74, 6) is 2.82. The largest absolute Gasteiger partial charge is 1.00 e. The number of benzene rings is 4. The van der Waals surface area contributed by atoms with Gasteiger partial charge in [-0.05, 0) is 52.9 Å². The Labute approximate surface area is 240 Å². The van der Waals surface area contributed by atoms with Gasteiger partial charge in [0.05, 0.1) is 14.2 Å². The topological polar surface area (TPSA) is 36.9 Å². The van der Waals surface area contributed by atoms with E-state index in [4.69, 9.17) is 31.6 Å². The number of hydrogen-bond acceptors (Lipinski definition) is 5. The SMILES string of the molecule is COc1ccc(/C=C/Cc2c(OCc3ccccc3)ccc(OCc3ccccc3)c2[S-])cc1OC.[Ag+]. The Bertz CT molecular complexity index is 1290. The molecule has 4 aromatic carbocycles. The van der Waals surface area contributed by atoms with Crippen molar-refractivity contribution in [2.24, 2.45) is 0 Å². The van der Waals surface area contributed by atoms with E-state index in [9.17, 15) is 0 Å². The first kappa shape index (κ1) is 28.4. The van der Waals surface area contributed by atoms with Crippen molar-refractivity contribution >= 4 is 18.7 Å². The Morgan fingerprint density at radius 3 is 1.78 bits per heavy atom. The molecule has 0 saturated heterocycles. The zero-order valence-electron chi connectivity index (χ0n) is 20.8. The first-order chi connectivity index (χ1) is 17.7. The van der Waals surface area contributed by atoms with E-state index in [1.807, 2.05) is 97.1 Å². The third kappa shape index (κ3) is 7.88. The molecule has 0 aliphatic rings. The van der Waals surface area contributed by atoms with E-state index in [1.165, 1.54) is 0 Å². The fourth-order valence-electron chi connectivity index (χ4n) is 3.77. The van der Waals surface area contributed by atoms with Crippen molar-refractivity contribution < 1.29 is 41.3 Å². The fraction of sp³-hybridized carbons (Fsp3) is 0.161. The molecule has 0 heterocycles. The standard InChI is InChI=1S/C31H30O4S.Ag/c1-32-28-17-16-23(20-30(28)33-2)14-9-15-26-27(34-21-24-10-5-3-6-11-24)18-19-29(31(26)36)35-22-25-12-7-4-8-13-25;/h3-14,16-20,36H,15,21-22H2,1-2H3;/q;+1/p-1/b14-9+;. The van der Waals surface area contributed by atoms with Crippen LogP contribution in [-0.4, -0.2) is 14.2 Å². The van der Waals surface area contributed by atoms with Crippen LogP contribution in [-0.2, 0) is 54.6 Å². The van der Waals surface area contributed by atoms with Gasteiger partial charge in [-0.25, -0.2) is 0 Å². The van der Waals surface area contributed by atoms with Gasteiger partial charge in [0, 0.05) is 0 Å². The Morgan fingerprint density at radius 2 is 1.19 bits per heavy atom. The zero-order valence-corrected chi connectivity index (χ0v) is 23.1. The summed E-state index contributed by atoms with van der Waals surface area (Å²) in [7, 11) is 3.26. The maximum atomic E-state index is 6.20. The minimum absolute atomic E-state index is 0. The number of methoxy groups -OCH3 is 2. The van der Waals surface area contributed by atoms with Crippen LogP contribution in [0.5, 0.6) is 23.0 Å². The molecule has 0 radical (unpaired) electrons. The number of ether oxygens (including phenoxy) is 4. The van der Waals surface area contributed by atoms with Gasteiger partial charge in [-0.1, -0.05) is 78.9 Å². The molecule has 0 aromatic heterocycles. The van der Waals surface area contributed by atoms with Crippen LogP contribution in [0.2, 0.25) is 0 Å². The van der Waals surface area contributed by atoms with Crippen molar-refractivity contribution in [3.05, 3.63) is 119 Å². The molecule has 194 valence electrons. The Kier molecular flexibility index (Phi) is 11.1. The fourth-order valence-corrected chi connectivity index (χ4v) is 4.08. The van der Waals surface area contributed by atoms with Crippen LogP contribution in [0.1, 0.15) is 22.3 Å². The van der Waals surface area contributed by atoms with Crippen LogP contribution in [0.15, 0.2) is 102 Å². The van der Waals surface area contributed by atoms with E-state index in [2.05, 4.69) is 6.08 Å². The second kappa shape index (κ2) is 14.5. The molecule has 4 aromatic rings. The zero-order chi connectivity index (χ0) is 25.2. The monoisotopic (exact) mass is 604 g/mol. The van der Waals surface area contributed by atoms with Gasteiger partial charge in [0.1, 0.15) is 24.7 Å². The number of hydrogen-bond donors (Lipinski definition) is 0. The molecule has 37 heavy (non-hydrogen) atoms. The minimum Gasteiger partial charge on any atom is -0.776 e. The molecule has 0 atom stereocenters. The molecular formula is C31H29AgO4S. The van der Waals surface area contributed by atoms with Gasteiger partial charge < -0.3 is 31.6 Å². The summed E-state index contributed by atoms with van der Waals surface area (Å²) in [5, 5.41) is 0. The van der Waals surface area contributed by atoms with Crippen LogP contribution in [0.4, 0.5) is 0 Å². The quantitative estimate of drug-likeness (QED) is 0.136. The van der Waals surface area contributed by atoms with Gasteiger partial charge in [0.2, 0.25) is 0 Å². The van der Waals surface area contributed by atoms with Crippen molar-refractivity contribution in [3.8, 4) is 23.0 Å². The smallest absolute Gasteiger partial charge is 0.776 e. The molecule has 0 spiro atoms. The van der Waals surface area contributed by atoms with Crippen LogP contribution in [0.3, 0.4) is 0 Å². The third-order valence-electron chi connectivity index (χ3n) is 5.70. The molecule has 0 fully saturated rings. The first-order valence-electron chi connectivity index (χ1n) is 11.7. The predicted molar refractivity (Wildman–Crippen MR) is 146 cm³/mol. The average molecular weight is 606 g/mol. The molecule has 4 rings (SSSR count). The van der Waals surface area contributed by atoms with Gasteiger partial charge in [-0.3, -0.25) is 0 Å². The minimum atomic E-state index is 0. The normalized spacial score (nSPS) is 10.5. The van der Waals surface area contributed by atoms with Crippen molar-refractivity contribution in [2.75, 3.05) is 14.2 Å². The maximum Gasteiger partial charge on any atom is 1.00 e. The molecule has 0 amide bonds. The summed E-state index contributed by atoms with van der Waals surface area (Å²) in [5.41, 5.74) is 4.11. The second-order valence-corrected chi connectivity index (χ2v) is 8.55. The first-order valence-corrected chi connectivity index (χ1v) is 12.1. The summed E-state index contributed by atoms with van der Waals surface area (Å²) >= 11 is 5.85. The Balaban J connectivity index is 0.00000380. The van der Waals surface area contributed by atoms with Gasteiger partial charge in [-0.2, -0.15) is 0 Å². The van der Waals surface area contributed by atoms with Gasteiger partial charge in [0.15, 0.2) is 11.5 Å². The second-order valence-electron chi connectivity index (χ2n) is 8.14. The molecule has 4 nitrogen and oxygen atoms in total. The molecule has 0 aliphatic heterocycles. The molecule has 0 unspecified atom stereocenters. The molecule has 6 heteroatoms. The van der Waals surface area contributed by atoms with E-state index in [0.717, 1.165) is 28.0 Å². The van der Waals surface area contributed by atoms with E-state index in [0.29, 0.717) is 41.8 Å². The number of rotatable bonds is 11. The van der Waals surface area contributed by atoms with E-state index < -0.39 is 0 Å². The van der Waals surface area contributed by atoms with Crippen LogP contribution >= 0.6 is 0 Å². The van der Waals surface area contributed by atoms with Crippen molar-refractivity contribution in [1.82, 2.24) is 0 Å². The van der Waals surface area contributed by atoms with Gasteiger partial charge in [-0.15, -0.1) is 4.90 Å². The van der Waals surface area contributed by atoms with Crippen LogP contribution in [0, 0.1) is 0 Å². The predicted octanol–water partition coefficient (Wildman–Crippen LogP) is 7.02. The van der Waals surface area contributed by atoms with Crippen LogP contribution in [0.25, 0.3) is 6.08 Å². The molecule has 0 aliphatic carbocycles. The van der Waals surface area contributed by atoms with E-state index >= 15 is 0 Å². The summed E-state index contributed by atoms with van der Waals surface area (Å²) in [4.78, 5) is 0.661. The average Bonchev–Trinajstić information content (AvgIpc) is 2.93. The summed E-state index contributed by atoms with van der Waals surface area (Å²) in [6.45, 7) is 0.918. The van der Waals surface area contributed by atoms with Crippen molar-refractivity contribution in [2.45, 2.75) is 24.5 Å². The molecular weight excluding hydrogens is 576 g/mol. The summed E-state index contributed by atoms with van der Waals surface area (Å²) < 4.78 is 23.0. The van der Waals surface area contributed by atoms with Gasteiger partial charge >= 0.3 is 22.4 Å². The Morgan fingerprint density at radius 1 is 0.649 bits per heavy atom. The van der Waals surface area contributed by atoms with Crippen molar-refractivity contribution in [3.63, 3.8) is 0 Å². The molecule has 0 N–H and O–H groups in total. The Hall–Kier alpha value is -3.22. The van der Waals surface area contributed by atoms with E-state index in [-0.39, 0.29) is 22.4 Å². The summed E-state index contributed by atoms with van der Waals surface area (Å²) in [6.07, 6.45) is 4.71. The van der Waals surface area contributed by atoms with E-state index in [1.54, 1.807) is 14.2 Å². The molecule has 0 bridgehead atoms. The maximum absolute atomic E-state index is 6.20. The van der Waals surface area contributed by atoms with Crippen LogP contribution < -0.4 is 18.9 Å². The van der Waals surface area contributed by atoms with Gasteiger partial charge in [0.25, 0.3) is 0 Å².